The van der Waals surface area contributed by atoms with Crippen LogP contribution in [0.3, 0.4) is 0 Å². The highest BCUT2D eigenvalue weighted by Crippen LogP contribution is 2.15. The Kier molecular flexibility index (Phi) is 4.27. The topological polar surface area (TPSA) is 72.2 Å². The van der Waals surface area contributed by atoms with Crippen LogP contribution in [0.25, 0.3) is 0 Å². The third-order valence-electron chi connectivity index (χ3n) is 2.91. The molecule has 0 heterocycles. The number of carbonyl (C=O) groups excluding carboxylic acids is 2. The molecule has 0 unspecified atom stereocenters. The number of nitrogens with two attached hydrogens (primary N) is 1. The molecule has 1 amide bonds. The quantitative estimate of drug-likeness (QED) is 0.719. The van der Waals surface area contributed by atoms with E-state index >= 15 is 0 Å². The molecule has 4 nitrogen and oxygen atoms in total. The molecule has 0 aromatic heterocycles. The Bertz CT molecular complexity index is 241. The van der Waals surface area contributed by atoms with E-state index in [1.165, 1.54) is 0 Å². The molecule has 0 aromatic rings. The van der Waals surface area contributed by atoms with Gasteiger partial charge in [0.05, 0.1) is 6.04 Å². The Hall–Kier alpha value is -0.900. The molecule has 15 heavy (non-hydrogen) atoms. The molecule has 1 saturated carbocycles. The zero-order chi connectivity index (χ0) is 11.4. The molecule has 0 radical (unpaired) electrons. The van der Waals surface area contributed by atoms with Gasteiger partial charge >= 0.3 is 0 Å². The number of amides is 1. The summed E-state index contributed by atoms with van der Waals surface area (Å²) in [6.45, 7) is 3.85. The van der Waals surface area contributed by atoms with Crippen molar-refractivity contribution in [2.24, 2.45) is 11.7 Å². The van der Waals surface area contributed by atoms with Crippen molar-refractivity contribution in [3.63, 3.8) is 0 Å². The minimum absolute atomic E-state index is 0.0932. The summed E-state index contributed by atoms with van der Waals surface area (Å²) in [5.41, 5.74) is 5.73. The van der Waals surface area contributed by atoms with Crippen molar-refractivity contribution < 1.29 is 9.59 Å². The van der Waals surface area contributed by atoms with E-state index in [4.69, 9.17) is 5.73 Å². The summed E-state index contributed by atoms with van der Waals surface area (Å²) in [7, 11) is 0. The lowest BCUT2D eigenvalue weighted by Gasteiger charge is -2.24. The molecule has 4 heteroatoms. The van der Waals surface area contributed by atoms with Gasteiger partial charge in [-0.2, -0.15) is 0 Å². The van der Waals surface area contributed by atoms with Crippen LogP contribution in [0.1, 0.15) is 39.5 Å². The van der Waals surface area contributed by atoms with Crippen molar-refractivity contribution >= 4 is 11.7 Å². The maximum Gasteiger partial charge on any atom is 0.237 e. The van der Waals surface area contributed by atoms with Gasteiger partial charge < -0.3 is 11.1 Å². The monoisotopic (exact) mass is 212 g/mol. The van der Waals surface area contributed by atoms with E-state index in [1.807, 2.05) is 13.8 Å². The summed E-state index contributed by atoms with van der Waals surface area (Å²) in [4.78, 5) is 22.6. The second kappa shape index (κ2) is 5.26. The van der Waals surface area contributed by atoms with Crippen LogP contribution >= 0.6 is 0 Å². The van der Waals surface area contributed by atoms with Crippen LogP contribution in [0.2, 0.25) is 0 Å². The molecule has 0 saturated heterocycles. The lowest BCUT2D eigenvalue weighted by atomic mass is 9.93. The zero-order valence-electron chi connectivity index (χ0n) is 9.45. The molecule has 0 spiro atoms. The van der Waals surface area contributed by atoms with E-state index in [9.17, 15) is 9.59 Å². The summed E-state index contributed by atoms with van der Waals surface area (Å²) in [5.74, 6) is 0.355. The zero-order valence-corrected chi connectivity index (χ0v) is 9.45. The number of hydrogen-bond donors (Lipinski definition) is 2. The number of nitrogens with one attached hydrogen (secondary N) is 1. The maximum absolute atomic E-state index is 11.6. The van der Waals surface area contributed by atoms with Crippen LogP contribution in [-0.2, 0) is 9.59 Å². The average Bonchev–Trinajstić information content (AvgIpc) is 2.20. The normalized spacial score (nSPS) is 20.4. The fourth-order valence-corrected chi connectivity index (χ4v) is 1.68. The molecule has 3 N–H and O–H groups in total. The molecular weight excluding hydrogens is 192 g/mol. The number of ketones is 1. The Morgan fingerprint density at radius 3 is 2.40 bits per heavy atom. The summed E-state index contributed by atoms with van der Waals surface area (Å²) in [6.07, 6.45) is 2.69. The molecule has 1 fully saturated rings. The van der Waals surface area contributed by atoms with E-state index in [2.05, 4.69) is 5.32 Å². The first-order valence-electron chi connectivity index (χ1n) is 5.58. The lowest BCUT2D eigenvalue weighted by molar-refractivity contribution is -0.126. The Morgan fingerprint density at radius 2 is 1.93 bits per heavy atom. The SMILES string of the molecule is CC(C)[C@H](N)C(=O)NC1CCC(=O)CC1. The third kappa shape index (κ3) is 3.63. The first kappa shape index (κ1) is 12.2. The second-order valence-corrected chi connectivity index (χ2v) is 4.59. The van der Waals surface area contributed by atoms with Gasteiger partial charge in [-0.3, -0.25) is 9.59 Å². The average molecular weight is 212 g/mol. The van der Waals surface area contributed by atoms with E-state index in [0.29, 0.717) is 18.6 Å². The number of rotatable bonds is 3. The molecular formula is C11H20N2O2. The van der Waals surface area contributed by atoms with Crippen LogP contribution in [-0.4, -0.2) is 23.8 Å². The molecule has 1 rings (SSSR count). The minimum Gasteiger partial charge on any atom is -0.352 e. The van der Waals surface area contributed by atoms with Gasteiger partial charge in [-0.25, -0.2) is 0 Å². The summed E-state index contributed by atoms with van der Waals surface area (Å²) in [5, 5.41) is 2.90. The molecule has 0 aliphatic heterocycles. The highest BCUT2D eigenvalue weighted by molar-refractivity contribution is 5.83. The molecule has 1 atom stereocenters. The van der Waals surface area contributed by atoms with Crippen molar-refractivity contribution in [1.82, 2.24) is 5.32 Å². The van der Waals surface area contributed by atoms with E-state index in [-0.39, 0.29) is 17.9 Å². The van der Waals surface area contributed by atoms with E-state index < -0.39 is 6.04 Å². The van der Waals surface area contributed by atoms with Gasteiger partial charge in [-0.05, 0) is 18.8 Å². The second-order valence-electron chi connectivity index (χ2n) is 4.59. The van der Waals surface area contributed by atoms with Gasteiger partial charge in [0.15, 0.2) is 0 Å². The molecule has 1 aliphatic carbocycles. The Morgan fingerprint density at radius 1 is 1.40 bits per heavy atom. The highest BCUT2D eigenvalue weighted by atomic mass is 16.2. The fraction of sp³-hybridized carbons (Fsp3) is 0.818. The summed E-state index contributed by atoms with van der Waals surface area (Å²) < 4.78 is 0. The number of Topliss-reactive ketones (excluding diaryl/α,β-unsaturated/α-hetero) is 1. The number of carbonyl (C=O) groups is 2. The van der Waals surface area contributed by atoms with E-state index in [0.717, 1.165) is 12.8 Å². The molecule has 0 bridgehead atoms. The first-order valence-corrected chi connectivity index (χ1v) is 5.58. The van der Waals surface area contributed by atoms with Crippen molar-refractivity contribution in [3.8, 4) is 0 Å². The third-order valence-corrected chi connectivity index (χ3v) is 2.91. The predicted molar refractivity (Wildman–Crippen MR) is 58.2 cm³/mol. The van der Waals surface area contributed by atoms with Gasteiger partial charge in [-0.1, -0.05) is 13.8 Å². The molecule has 1 aliphatic rings. The van der Waals surface area contributed by atoms with Crippen molar-refractivity contribution in [2.45, 2.75) is 51.6 Å². The smallest absolute Gasteiger partial charge is 0.237 e. The summed E-state index contributed by atoms with van der Waals surface area (Å²) >= 11 is 0. The largest absolute Gasteiger partial charge is 0.352 e. The fourth-order valence-electron chi connectivity index (χ4n) is 1.68. The van der Waals surface area contributed by atoms with Crippen molar-refractivity contribution in [2.75, 3.05) is 0 Å². The maximum atomic E-state index is 11.6. The van der Waals surface area contributed by atoms with Crippen LogP contribution in [0, 0.1) is 5.92 Å². The first-order chi connectivity index (χ1) is 7.00. The van der Waals surface area contributed by atoms with Gasteiger partial charge in [0.2, 0.25) is 5.91 Å². The Labute approximate surface area is 90.6 Å². The van der Waals surface area contributed by atoms with Gasteiger partial charge in [-0.15, -0.1) is 0 Å². The summed E-state index contributed by atoms with van der Waals surface area (Å²) in [6, 6.07) is -0.303. The van der Waals surface area contributed by atoms with Gasteiger partial charge in [0.1, 0.15) is 5.78 Å². The van der Waals surface area contributed by atoms with Gasteiger partial charge in [0, 0.05) is 18.9 Å². The molecule has 0 aromatic carbocycles. The van der Waals surface area contributed by atoms with E-state index in [1.54, 1.807) is 0 Å². The number of hydrogen-bond acceptors (Lipinski definition) is 3. The van der Waals surface area contributed by atoms with Crippen LogP contribution < -0.4 is 11.1 Å². The van der Waals surface area contributed by atoms with Gasteiger partial charge in [0.25, 0.3) is 0 Å². The predicted octanol–water partition coefficient (Wildman–Crippen LogP) is 0.598. The van der Waals surface area contributed by atoms with Crippen molar-refractivity contribution in [3.05, 3.63) is 0 Å². The van der Waals surface area contributed by atoms with Crippen LogP contribution in [0.5, 0.6) is 0 Å². The lowest BCUT2D eigenvalue weighted by Crippen LogP contribution is -2.48. The van der Waals surface area contributed by atoms with Crippen LogP contribution in [0.15, 0.2) is 0 Å². The minimum atomic E-state index is -0.442. The van der Waals surface area contributed by atoms with Crippen molar-refractivity contribution in [1.29, 1.82) is 0 Å². The van der Waals surface area contributed by atoms with Crippen LogP contribution in [0.4, 0.5) is 0 Å². The highest BCUT2D eigenvalue weighted by Gasteiger charge is 2.23. The standard InChI is InChI=1S/C11H20N2O2/c1-7(2)10(12)11(15)13-8-3-5-9(14)6-4-8/h7-8,10H,3-6,12H2,1-2H3,(H,13,15)/t10-/m0/s1. The Balaban J connectivity index is 2.35. The molecule has 86 valence electrons.